The monoisotopic (exact) mass is 326 g/mol. The number of ether oxygens (including phenoxy) is 1. The molecular formula is C15H22N2O4S. The van der Waals surface area contributed by atoms with Crippen molar-refractivity contribution >= 4 is 16.1 Å². The Labute approximate surface area is 131 Å². The summed E-state index contributed by atoms with van der Waals surface area (Å²) in [5.74, 6) is 0. The molecule has 122 valence electrons. The van der Waals surface area contributed by atoms with Crippen LogP contribution in [0.15, 0.2) is 23.1 Å². The lowest BCUT2D eigenvalue weighted by Crippen LogP contribution is -2.50. The lowest BCUT2D eigenvalue weighted by Gasteiger charge is -2.33. The fourth-order valence-corrected chi connectivity index (χ4v) is 4.18. The van der Waals surface area contributed by atoms with E-state index in [0.717, 1.165) is 11.1 Å². The van der Waals surface area contributed by atoms with Crippen LogP contribution in [-0.2, 0) is 14.8 Å². The maximum absolute atomic E-state index is 12.8. The number of carbonyl (C=O) groups is 1. The average molecular weight is 326 g/mol. The van der Waals surface area contributed by atoms with Crippen molar-refractivity contribution < 1.29 is 17.9 Å². The Morgan fingerprint density at radius 3 is 2.41 bits per heavy atom. The largest absolute Gasteiger partial charge is 0.450 e. The Bertz CT molecular complexity index is 650. The molecule has 7 heteroatoms. The van der Waals surface area contributed by atoms with E-state index in [9.17, 15) is 13.2 Å². The van der Waals surface area contributed by atoms with Gasteiger partial charge in [0.1, 0.15) is 0 Å². The van der Waals surface area contributed by atoms with Crippen molar-refractivity contribution in [2.24, 2.45) is 0 Å². The molecule has 0 unspecified atom stereocenters. The van der Waals surface area contributed by atoms with Crippen LogP contribution < -0.4 is 0 Å². The Morgan fingerprint density at radius 2 is 1.82 bits per heavy atom. The van der Waals surface area contributed by atoms with Crippen LogP contribution in [0.2, 0.25) is 0 Å². The molecule has 22 heavy (non-hydrogen) atoms. The van der Waals surface area contributed by atoms with E-state index in [2.05, 4.69) is 0 Å². The number of aryl methyl sites for hydroxylation is 2. The lowest BCUT2D eigenvalue weighted by atomic mass is 10.2. The highest BCUT2D eigenvalue weighted by atomic mass is 32.2. The highest BCUT2D eigenvalue weighted by Gasteiger charge is 2.31. The Morgan fingerprint density at radius 1 is 1.18 bits per heavy atom. The molecule has 0 atom stereocenters. The molecule has 1 aromatic rings. The molecule has 6 nitrogen and oxygen atoms in total. The van der Waals surface area contributed by atoms with Crippen LogP contribution in [0.4, 0.5) is 4.79 Å². The molecule has 1 amide bonds. The van der Waals surface area contributed by atoms with Crippen LogP contribution >= 0.6 is 0 Å². The number of sulfonamides is 1. The van der Waals surface area contributed by atoms with E-state index in [1.54, 1.807) is 24.8 Å². The van der Waals surface area contributed by atoms with Gasteiger partial charge in [0.2, 0.25) is 10.0 Å². The summed E-state index contributed by atoms with van der Waals surface area (Å²) >= 11 is 0. The molecule has 0 radical (unpaired) electrons. The molecule has 2 rings (SSSR count). The number of hydrogen-bond acceptors (Lipinski definition) is 4. The highest BCUT2D eigenvalue weighted by Crippen LogP contribution is 2.22. The van der Waals surface area contributed by atoms with E-state index >= 15 is 0 Å². The number of piperazine rings is 1. The topological polar surface area (TPSA) is 66.9 Å². The van der Waals surface area contributed by atoms with Crippen molar-refractivity contribution in [3.63, 3.8) is 0 Å². The van der Waals surface area contributed by atoms with E-state index in [1.807, 2.05) is 19.1 Å². The van der Waals surface area contributed by atoms with Crippen LogP contribution in [0.3, 0.4) is 0 Å². The first-order valence-electron chi connectivity index (χ1n) is 7.35. The molecular weight excluding hydrogens is 304 g/mol. The number of hydrogen-bond donors (Lipinski definition) is 0. The number of amides is 1. The van der Waals surface area contributed by atoms with Gasteiger partial charge < -0.3 is 9.64 Å². The van der Waals surface area contributed by atoms with E-state index < -0.39 is 10.0 Å². The normalized spacial score (nSPS) is 16.6. The average Bonchev–Trinajstić information content (AvgIpc) is 2.50. The number of benzene rings is 1. The first-order valence-corrected chi connectivity index (χ1v) is 8.79. The van der Waals surface area contributed by atoms with Crippen LogP contribution in [0.25, 0.3) is 0 Å². The quantitative estimate of drug-likeness (QED) is 0.849. The van der Waals surface area contributed by atoms with Crippen molar-refractivity contribution in [1.29, 1.82) is 0 Å². The summed E-state index contributed by atoms with van der Waals surface area (Å²) in [5, 5.41) is 0. The SMILES string of the molecule is CCOC(=O)N1CCN(S(=O)(=O)c2cc(C)ccc2C)CC1. The zero-order chi connectivity index (χ0) is 16.3. The molecule has 1 aliphatic heterocycles. The molecule has 1 aliphatic rings. The van der Waals surface area contributed by atoms with Gasteiger partial charge in [0.05, 0.1) is 11.5 Å². The summed E-state index contributed by atoms with van der Waals surface area (Å²) in [6, 6.07) is 5.41. The van der Waals surface area contributed by atoms with Crippen LogP contribution in [-0.4, -0.2) is 56.5 Å². The van der Waals surface area contributed by atoms with Gasteiger partial charge in [-0.05, 0) is 38.0 Å². The summed E-state index contributed by atoms with van der Waals surface area (Å²) < 4.78 is 31.9. The van der Waals surface area contributed by atoms with Gasteiger partial charge in [0, 0.05) is 26.2 Å². The van der Waals surface area contributed by atoms with Gasteiger partial charge in [-0.2, -0.15) is 4.31 Å². The van der Waals surface area contributed by atoms with Crippen molar-refractivity contribution in [1.82, 2.24) is 9.21 Å². The van der Waals surface area contributed by atoms with Gasteiger partial charge in [0.15, 0.2) is 0 Å². The van der Waals surface area contributed by atoms with E-state index in [1.165, 1.54) is 4.31 Å². The van der Waals surface area contributed by atoms with Crippen LogP contribution in [0.1, 0.15) is 18.1 Å². The van der Waals surface area contributed by atoms with Gasteiger partial charge in [-0.15, -0.1) is 0 Å². The summed E-state index contributed by atoms with van der Waals surface area (Å²) in [6.07, 6.45) is -0.383. The Kier molecular flexibility index (Phi) is 5.08. The molecule has 0 N–H and O–H groups in total. The third-order valence-electron chi connectivity index (χ3n) is 3.73. The lowest BCUT2D eigenvalue weighted by molar-refractivity contribution is 0.0934. The Hall–Kier alpha value is -1.60. The summed E-state index contributed by atoms with van der Waals surface area (Å²) in [4.78, 5) is 13.5. The summed E-state index contributed by atoms with van der Waals surface area (Å²) in [7, 11) is -3.52. The highest BCUT2D eigenvalue weighted by molar-refractivity contribution is 7.89. The second-order valence-corrected chi connectivity index (χ2v) is 7.27. The zero-order valence-electron chi connectivity index (χ0n) is 13.2. The first-order chi connectivity index (χ1) is 10.4. The standard InChI is InChI=1S/C15H22N2O4S/c1-4-21-15(18)16-7-9-17(10-8-16)22(19,20)14-11-12(2)5-6-13(14)3/h5-6,11H,4,7-10H2,1-3H3. The maximum atomic E-state index is 12.8. The van der Waals surface area contributed by atoms with Crippen molar-refractivity contribution in [2.45, 2.75) is 25.7 Å². The van der Waals surface area contributed by atoms with Crippen LogP contribution in [0.5, 0.6) is 0 Å². The maximum Gasteiger partial charge on any atom is 0.409 e. The second kappa shape index (κ2) is 6.66. The predicted molar refractivity (Wildman–Crippen MR) is 83.3 cm³/mol. The fourth-order valence-electron chi connectivity index (χ4n) is 2.45. The minimum absolute atomic E-state index is 0.286. The minimum Gasteiger partial charge on any atom is -0.450 e. The molecule has 0 saturated carbocycles. The van der Waals surface area contributed by atoms with Crippen molar-refractivity contribution in [3.05, 3.63) is 29.3 Å². The predicted octanol–water partition coefficient (Wildman–Crippen LogP) is 1.77. The molecule has 0 aromatic heterocycles. The first kappa shape index (κ1) is 16.8. The van der Waals surface area contributed by atoms with Gasteiger partial charge in [-0.25, -0.2) is 13.2 Å². The molecule has 1 fully saturated rings. The molecule has 1 heterocycles. The molecule has 1 saturated heterocycles. The van der Waals surface area contributed by atoms with Crippen molar-refractivity contribution in [2.75, 3.05) is 32.8 Å². The third-order valence-corrected chi connectivity index (χ3v) is 5.77. The van der Waals surface area contributed by atoms with E-state index in [-0.39, 0.29) is 19.2 Å². The van der Waals surface area contributed by atoms with Crippen LogP contribution in [0, 0.1) is 13.8 Å². The third kappa shape index (κ3) is 3.41. The second-order valence-electron chi connectivity index (χ2n) is 5.36. The summed E-state index contributed by atoms with van der Waals surface area (Å²) in [5.41, 5.74) is 1.65. The van der Waals surface area contributed by atoms with Gasteiger partial charge in [-0.1, -0.05) is 12.1 Å². The number of nitrogens with zero attached hydrogens (tertiary/aromatic N) is 2. The molecule has 0 bridgehead atoms. The minimum atomic E-state index is -3.52. The van der Waals surface area contributed by atoms with Gasteiger partial charge in [0.25, 0.3) is 0 Å². The molecule has 1 aromatic carbocycles. The van der Waals surface area contributed by atoms with E-state index in [0.29, 0.717) is 24.6 Å². The Balaban J connectivity index is 2.13. The number of carbonyl (C=O) groups excluding carboxylic acids is 1. The molecule has 0 spiro atoms. The van der Waals surface area contributed by atoms with Crippen molar-refractivity contribution in [3.8, 4) is 0 Å². The van der Waals surface area contributed by atoms with E-state index in [4.69, 9.17) is 4.74 Å². The van der Waals surface area contributed by atoms with Gasteiger partial charge >= 0.3 is 6.09 Å². The smallest absolute Gasteiger partial charge is 0.409 e. The molecule has 0 aliphatic carbocycles. The van der Waals surface area contributed by atoms with Gasteiger partial charge in [-0.3, -0.25) is 0 Å². The zero-order valence-corrected chi connectivity index (χ0v) is 14.0. The number of rotatable bonds is 3. The fraction of sp³-hybridized carbons (Fsp3) is 0.533. The summed E-state index contributed by atoms with van der Waals surface area (Å²) in [6.45, 7) is 7.01.